The smallest absolute Gasteiger partial charge is 0.245 e. The summed E-state index contributed by atoms with van der Waals surface area (Å²) in [6, 6.07) is -0.365. The third-order valence-electron chi connectivity index (χ3n) is 4.14. The highest BCUT2D eigenvalue weighted by Crippen LogP contribution is 2.17. The van der Waals surface area contributed by atoms with Gasteiger partial charge in [0.05, 0.1) is 6.61 Å². The Kier molecular flexibility index (Phi) is 9.01. The molecule has 2 amide bonds. The number of carbonyl (C=O) groups is 2. The number of ether oxygens (including phenoxy) is 1. The number of hydrogen-bond donors (Lipinski definition) is 2. The molecule has 0 aliphatic carbocycles. The fraction of sp³-hybridized carbons (Fsp3) is 0.529. The van der Waals surface area contributed by atoms with Gasteiger partial charge in [-0.05, 0) is 25.0 Å². The summed E-state index contributed by atoms with van der Waals surface area (Å²) in [5.41, 5.74) is 5.78. The summed E-state index contributed by atoms with van der Waals surface area (Å²) >= 11 is 0. The van der Waals surface area contributed by atoms with E-state index in [1.807, 2.05) is 0 Å². The van der Waals surface area contributed by atoms with Crippen LogP contribution < -0.4 is 11.1 Å². The van der Waals surface area contributed by atoms with E-state index in [-0.39, 0.29) is 49.2 Å². The number of halogens is 4. The Morgan fingerprint density at radius 1 is 1.33 bits per heavy atom. The lowest BCUT2D eigenvalue weighted by Gasteiger charge is -2.35. The van der Waals surface area contributed by atoms with Gasteiger partial charge in [0.25, 0.3) is 0 Å². The van der Waals surface area contributed by atoms with E-state index in [0.717, 1.165) is 6.07 Å². The normalized spacial score (nSPS) is 17.9. The van der Waals surface area contributed by atoms with Gasteiger partial charge in [0.2, 0.25) is 11.8 Å². The standard InChI is InChI=1S/C17H22F3N3O3.ClH/c1-2-26-9-15-17(25)22-3-4-23(15)16(24)7-11(21)5-10-6-13(19)14(20)8-12(10)18;/h6,8,11,15H,2-5,7,9,21H2,1H3,(H,22,25);1H. The molecule has 0 spiro atoms. The van der Waals surface area contributed by atoms with Crippen LogP contribution in [0, 0.1) is 17.5 Å². The van der Waals surface area contributed by atoms with E-state index in [0.29, 0.717) is 25.8 Å². The summed E-state index contributed by atoms with van der Waals surface area (Å²) in [4.78, 5) is 25.9. The highest BCUT2D eigenvalue weighted by Gasteiger charge is 2.33. The molecule has 10 heteroatoms. The Morgan fingerprint density at radius 2 is 2.00 bits per heavy atom. The molecule has 1 saturated heterocycles. The number of carbonyl (C=O) groups excluding carboxylic acids is 2. The average molecular weight is 410 g/mol. The van der Waals surface area contributed by atoms with Crippen LogP contribution in [-0.4, -0.2) is 55.1 Å². The molecule has 27 heavy (non-hydrogen) atoms. The van der Waals surface area contributed by atoms with Crippen LogP contribution in [0.2, 0.25) is 0 Å². The second-order valence-corrected chi connectivity index (χ2v) is 6.08. The molecule has 1 aliphatic heterocycles. The second-order valence-electron chi connectivity index (χ2n) is 6.08. The van der Waals surface area contributed by atoms with Gasteiger partial charge in [-0.1, -0.05) is 0 Å². The minimum atomic E-state index is -1.28. The lowest BCUT2D eigenvalue weighted by atomic mass is 10.0. The van der Waals surface area contributed by atoms with Crippen molar-refractivity contribution in [1.82, 2.24) is 10.2 Å². The van der Waals surface area contributed by atoms with Crippen molar-refractivity contribution in [3.8, 4) is 0 Å². The SMILES string of the molecule is CCOCC1C(=O)NCCN1C(=O)CC(N)Cc1cc(F)c(F)cc1F.Cl. The van der Waals surface area contributed by atoms with Crippen LogP contribution in [0.5, 0.6) is 0 Å². The van der Waals surface area contributed by atoms with Gasteiger partial charge < -0.3 is 20.7 Å². The highest BCUT2D eigenvalue weighted by molar-refractivity contribution is 5.89. The zero-order valence-corrected chi connectivity index (χ0v) is 15.7. The van der Waals surface area contributed by atoms with Gasteiger partial charge in [-0.2, -0.15) is 0 Å². The van der Waals surface area contributed by atoms with Crippen LogP contribution in [0.15, 0.2) is 12.1 Å². The van der Waals surface area contributed by atoms with E-state index in [2.05, 4.69) is 5.32 Å². The van der Waals surface area contributed by atoms with Crippen molar-refractivity contribution in [3.05, 3.63) is 35.1 Å². The third kappa shape index (κ3) is 6.08. The molecular formula is C17H23ClF3N3O3. The molecule has 2 rings (SSSR count). The monoisotopic (exact) mass is 409 g/mol. The second kappa shape index (κ2) is 10.5. The molecule has 1 fully saturated rings. The van der Waals surface area contributed by atoms with E-state index in [1.165, 1.54) is 4.90 Å². The Bertz CT molecular complexity index is 678. The molecular weight excluding hydrogens is 387 g/mol. The number of rotatable bonds is 7. The predicted octanol–water partition coefficient (Wildman–Crippen LogP) is 1.15. The van der Waals surface area contributed by atoms with Crippen molar-refractivity contribution in [2.45, 2.75) is 31.8 Å². The Balaban J connectivity index is 0.00000364. The third-order valence-corrected chi connectivity index (χ3v) is 4.14. The molecule has 0 aromatic heterocycles. The zero-order chi connectivity index (χ0) is 19.3. The largest absolute Gasteiger partial charge is 0.379 e. The van der Waals surface area contributed by atoms with E-state index < -0.39 is 29.5 Å². The molecule has 1 aromatic rings. The van der Waals surface area contributed by atoms with Crippen LogP contribution in [0.1, 0.15) is 18.9 Å². The Labute approximate surface area is 161 Å². The molecule has 1 aromatic carbocycles. The summed E-state index contributed by atoms with van der Waals surface area (Å²) < 4.78 is 45.2. The van der Waals surface area contributed by atoms with Crippen molar-refractivity contribution < 1.29 is 27.5 Å². The fourth-order valence-electron chi connectivity index (χ4n) is 2.82. The lowest BCUT2D eigenvalue weighted by Crippen LogP contribution is -2.59. The van der Waals surface area contributed by atoms with Crippen LogP contribution in [0.25, 0.3) is 0 Å². The van der Waals surface area contributed by atoms with Gasteiger partial charge in [-0.3, -0.25) is 9.59 Å². The molecule has 6 nitrogen and oxygen atoms in total. The molecule has 2 atom stereocenters. The summed E-state index contributed by atoms with van der Waals surface area (Å²) in [6.45, 7) is 2.88. The number of piperazine rings is 1. The van der Waals surface area contributed by atoms with E-state index >= 15 is 0 Å². The quantitative estimate of drug-likeness (QED) is 0.662. The van der Waals surface area contributed by atoms with Gasteiger partial charge in [0.15, 0.2) is 11.6 Å². The van der Waals surface area contributed by atoms with Gasteiger partial charge in [-0.15, -0.1) is 12.4 Å². The van der Waals surface area contributed by atoms with Crippen LogP contribution in [0.4, 0.5) is 13.2 Å². The van der Waals surface area contributed by atoms with Crippen LogP contribution in [0.3, 0.4) is 0 Å². The van der Waals surface area contributed by atoms with Crippen molar-refractivity contribution in [1.29, 1.82) is 0 Å². The number of nitrogens with two attached hydrogens (primary N) is 1. The van der Waals surface area contributed by atoms with E-state index in [9.17, 15) is 22.8 Å². The van der Waals surface area contributed by atoms with Crippen LogP contribution in [-0.2, 0) is 20.7 Å². The lowest BCUT2D eigenvalue weighted by molar-refractivity contribution is -0.146. The number of amides is 2. The summed E-state index contributed by atoms with van der Waals surface area (Å²) in [6.07, 6.45) is -0.292. The maximum Gasteiger partial charge on any atom is 0.245 e. The predicted molar refractivity (Wildman–Crippen MR) is 94.9 cm³/mol. The van der Waals surface area contributed by atoms with Crippen molar-refractivity contribution in [2.24, 2.45) is 5.73 Å². The first-order valence-corrected chi connectivity index (χ1v) is 8.37. The van der Waals surface area contributed by atoms with Gasteiger partial charge >= 0.3 is 0 Å². The number of nitrogens with zero attached hydrogens (tertiary/aromatic N) is 1. The van der Waals surface area contributed by atoms with Gasteiger partial charge in [0.1, 0.15) is 11.9 Å². The van der Waals surface area contributed by atoms with Crippen molar-refractivity contribution in [2.75, 3.05) is 26.3 Å². The number of benzene rings is 1. The average Bonchev–Trinajstić information content (AvgIpc) is 2.58. The molecule has 1 heterocycles. The Hall–Kier alpha value is -1.84. The van der Waals surface area contributed by atoms with Gasteiger partial charge in [-0.25, -0.2) is 13.2 Å². The van der Waals surface area contributed by atoms with E-state index in [4.69, 9.17) is 10.5 Å². The minimum absolute atomic E-state index is 0. The first-order valence-electron chi connectivity index (χ1n) is 8.37. The topological polar surface area (TPSA) is 84.7 Å². The number of hydrogen-bond acceptors (Lipinski definition) is 4. The van der Waals surface area contributed by atoms with Gasteiger partial charge in [0, 0.05) is 38.2 Å². The molecule has 3 N–H and O–H groups in total. The maximum absolute atomic E-state index is 13.7. The van der Waals surface area contributed by atoms with E-state index in [1.54, 1.807) is 6.92 Å². The minimum Gasteiger partial charge on any atom is -0.379 e. The molecule has 0 saturated carbocycles. The fourth-order valence-corrected chi connectivity index (χ4v) is 2.82. The van der Waals surface area contributed by atoms with Crippen molar-refractivity contribution in [3.63, 3.8) is 0 Å². The maximum atomic E-state index is 13.7. The molecule has 0 radical (unpaired) electrons. The first kappa shape index (κ1) is 23.2. The summed E-state index contributed by atoms with van der Waals surface area (Å²) in [5, 5.41) is 2.67. The van der Waals surface area contributed by atoms with Crippen LogP contribution >= 0.6 is 12.4 Å². The highest BCUT2D eigenvalue weighted by atomic mass is 35.5. The zero-order valence-electron chi connectivity index (χ0n) is 14.8. The molecule has 1 aliphatic rings. The summed E-state index contributed by atoms with van der Waals surface area (Å²) in [5.74, 6) is -4.06. The first-order chi connectivity index (χ1) is 12.3. The molecule has 2 unspecified atom stereocenters. The summed E-state index contributed by atoms with van der Waals surface area (Å²) in [7, 11) is 0. The number of nitrogens with one attached hydrogen (secondary N) is 1. The molecule has 152 valence electrons. The Morgan fingerprint density at radius 3 is 2.67 bits per heavy atom. The molecule has 0 bridgehead atoms. The van der Waals surface area contributed by atoms with Crippen molar-refractivity contribution >= 4 is 24.2 Å².